The summed E-state index contributed by atoms with van der Waals surface area (Å²) in [6.07, 6.45) is 1.33. The third-order valence-electron chi connectivity index (χ3n) is 6.75. The van der Waals surface area contributed by atoms with Gasteiger partial charge in [-0.05, 0) is 56.8 Å². The van der Waals surface area contributed by atoms with E-state index in [0.29, 0.717) is 24.3 Å². The van der Waals surface area contributed by atoms with Gasteiger partial charge in [-0.1, -0.05) is 107 Å². The predicted octanol–water partition coefficient (Wildman–Crippen LogP) is 4.91. The molecule has 1 aliphatic rings. The molecule has 0 fully saturated rings. The summed E-state index contributed by atoms with van der Waals surface area (Å²) >= 11 is 0. The van der Waals surface area contributed by atoms with Crippen LogP contribution in [0.5, 0.6) is 11.5 Å². The molecule has 0 saturated carbocycles. The summed E-state index contributed by atoms with van der Waals surface area (Å²) in [5.41, 5.74) is 5.17. The fraction of sp³-hybridized carbons (Fsp3) is 0.600. The van der Waals surface area contributed by atoms with Crippen molar-refractivity contribution in [2.75, 3.05) is 0 Å². The first kappa shape index (κ1) is 31.4. The van der Waals surface area contributed by atoms with Crippen LogP contribution in [0, 0.1) is 0 Å². The van der Waals surface area contributed by atoms with Gasteiger partial charge in [-0.2, -0.15) is 0 Å². The van der Waals surface area contributed by atoms with Crippen molar-refractivity contribution in [3.8, 4) is 11.5 Å². The molecule has 1 heterocycles. The molecule has 0 N–H and O–H groups in total. The molecule has 0 amide bonds. The maximum Gasteiger partial charge on any atom is 1.00 e. The molecule has 0 atom stereocenters. The molecule has 0 unspecified atom stereocenters. The van der Waals surface area contributed by atoms with Gasteiger partial charge in [-0.15, -0.1) is 0 Å². The van der Waals surface area contributed by atoms with E-state index in [1.54, 1.807) is 0 Å². The van der Waals surface area contributed by atoms with Crippen LogP contribution in [0.4, 0.5) is 0 Å². The maximum atomic E-state index is 13.4. The van der Waals surface area contributed by atoms with E-state index in [0.717, 1.165) is 22.3 Å². The largest absolute Gasteiger partial charge is 1.00 e. The van der Waals surface area contributed by atoms with Crippen molar-refractivity contribution in [3.05, 3.63) is 57.6 Å². The van der Waals surface area contributed by atoms with Crippen molar-refractivity contribution < 1.29 is 48.1 Å². The van der Waals surface area contributed by atoms with Gasteiger partial charge in [-0.3, -0.25) is 0 Å². The first-order valence-electron chi connectivity index (χ1n) is 12.7. The molecule has 3 rings (SSSR count). The van der Waals surface area contributed by atoms with Crippen molar-refractivity contribution in [1.29, 1.82) is 0 Å². The Morgan fingerprint density at radius 1 is 0.611 bits per heavy atom. The molecular formula is C30H44NaO4P. The van der Waals surface area contributed by atoms with Crippen LogP contribution in [-0.2, 0) is 39.1 Å². The van der Waals surface area contributed by atoms with Gasteiger partial charge in [-0.25, -0.2) is 4.57 Å². The van der Waals surface area contributed by atoms with Crippen LogP contribution in [0.15, 0.2) is 24.3 Å². The van der Waals surface area contributed by atoms with E-state index in [9.17, 15) is 9.46 Å². The minimum atomic E-state index is -4.70. The third-order valence-corrected chi connectivity index (χ3v) is 7.56. The summed E-state index contributed by atoms with van der Waals surface area (Å²) in [5.74, 6) is 0.843. The molecule has 1 aliphatic heterocycles. The van der Waals surface area contributed by atoms with E-state index in [1.807, 2.05) is 0 Å². The monoisotopic (exact) mass is 522 g/mol. The summed E-state index contributed by atoms with van der Waals surface area (Å²) in [6, 6.07) is 8.44. The Hall–Kier alpha value is -0.770. The zero-order valence-electron chi connectivity index (χ0n) is 24.8. The summed E-state index contributed by atoms with van der Waals surface area (Å²) in [7, 11) is -4.70. The second-order valence-electron chi connectivity index (χ2n) is 14.2. The van der Waals surface area contributed by atoms with Gasteiger partial charge < -0.3 is 13.9 Å². The molecule has 0 aliphatic carbocycles. The molecule has 6 heteroatoms. The van der Waals surface area contributed by atoms with Crippen molar-refractivity contribution in [1.82, 2.24) is 0 Å². The first-order valence-corrected chi connectivity index (χ1v) is 14.1. The quantitative estimate of drug-likeness (QED) is 0.365. The van der Waals surface area contributed by atoms with E-state index in [4.69, 9.17) is 9.05 Å². The van der Waals surface area contributed by atoms with E-state index in [1.165, 1.54) is 11.1 Å². The molecular weight excluding hydrogens is 478 g/mol. The van der Waals surface area contributed by atoms with Crippen molar-refractivity contribution in [2.24, 2.45) is 0 Å². The maximum absolute atomic E-state index is 13.4. The van der Waals surface area contributed by atoms with Crippen LogP contribution in [0.2, 0.25) is 0 Å². The number of hydrogen-bond donors (Lipinski definition) is 0. The summed E-state index contributed by atoms with van der Waals surface area (Å²) in [6.45, 7) is 25.6. The summed E-state index contributed by atoms with van der Waals surface area (Å²) in [4.78, 5) is 13.4. The Morgan fingerprint density at radius 2 is 0.917 bits per heavy atom. The second-order valence-corrected chi connectivity index (χ2v) is 15.4. The molecule has 0 aromatic heterocycles. The minimum absolute atomic E-state index is 0. The molecule has 2 aromatic carbocycles. The SMILES string of the molecule is CC(C)(C)c1cc2c(c(C(C)(C)C)c1)OP(=O)([O-])Oc1c(cc(C(C)(C)C)cc1C(C)(C)C)CC2.[Na+]. The summed E-state index contributed by atoms with van der Waals surface area (Å²) in [5, 5.41) is 0. The number of fused-ring (bicyclic) bond motifs is 2. The molecule has 2 aromatic rings. The smallest absolute Gasteiger partial charge is 0.736 e. The Labute approximate surface area is 241 Å². The van der Waals surface area contributed by atoms with Crippen molar-refractivity contribution >= 4 is 7.82 Å². The average molecular weight is 523 g/mol. The molecule has 0 spiro atoms. The average Bonchev–Trinajstić information content (AvgIpc) is 2.68. The number of hydrogen-bond acceptors (Lipinski definition) is 4. The zero-order chi connectivity index (χ0) is 26.8. The number of phosphoric acid groups is 1. The van der Waals surface area contributed by atoms with E-state index in [-0.39, 0.29) is 51.2 Å². The fourth-order valence-electron chi connectivity index (χ4n) is 4.46. The molecule has 194 valence electrons. The number of benzene rings is 2. The van der Waals surface area contributed by atoms with Crippen molar-refractivity contribution in [3.63, 3.8) is 0 Å². The minimum Gasteiger partial charge on any atom is -0.736 e. The van der Waals surface area contributed by atoms with Crippen LogP contribution in [0.3, 0.4) is 0 Å². The normalized spacial score (nSPS) is 16.2. The zero-order valence-corrected chi connectivity index (χ0v) is 27.7. The van der Waals surface area contributed by atoms with Gasteiger partial charge >= 0.3 is 37.4 Å². The number of rotatable bonds is 0. The topological polar surface area (TPSA) is 58.6 Å². The van der Waals surface area contributed by atoms with E-state index in [2.05, 4.69) is 107 Å². The van der Waals surface area contributed by atoms with Crippen LogP contribution < -0.4 is 43.5 Å². The molecule has 36 heavy (non-hydrogen) atoms. The van der Waals surface area contributed by atoms with Crippen LogP contribution in [-0.4, -0.2) is 0 Å². The molecule has 0 bridgehead atoms. The Kier molecular flexibility index (Phi) is 8.81. The van der Waals surface area contributed by atoms with Crippen LogP contribution in [0.1, 0.15) is 116 Å². The Bertz CT molecular complexity index is 1080. The Balaban J connectivity index is 0.00000456. The Morgan fingerprint density at radius 3 is 1.17 bits per heavy atom. The van der Waals surface area contributed by atoms with Gasteiger partial charge in [0.15, 0.2) is 0 Å². The molecule has 4 nitrogen and oxygen atoms in total. The van der Waals surface area contributed by atoms with Crippen molar-refractivity contribution in [2.45, 2.75) is 118 Å². The van der Waals surface area contributed by atoms with Crippen LogP contribution >= 0.6 is 7.82 Å². The number of phosphoric ester groups is 1. The second kappa shape index (κ2) is 10.1. The number of aryl methyl sites for hydroxylation is 2. The van der Waals surface area contributed by atoms with E-state index < -0.39 is 7.82 Å². The molecule has 0 saturated heterocycles. The predicted molar refractivity (Wildman–Crippen MR) is 144 cm³/mol. The van der Waals surface area contributed by atoms with Gasteiger partial charge in [0.05, 0.1) is 0 Å². The van der Waals surface area contributed by atoms with Crippen LogP contribution in [0.25, 0.3) is 0 Å². The van der Waals surface area contributed by atoms with E-state index >= 15 is 0 Å². The van der Waals surface area contributed by atoms with Gasteiger partial charge in [0, 0.05) is 11.1 Å². The standard InChI is InChI=1S/C30H45O4P.Na/c1-27(2,3)21-15-19-13-14-20-16-22(28(4,5)6)18-24(30(10,11)12)26(20)34-35(31,32)33-25(19)23(17-21)29(7,8)9;/h15-18H,13-14H2,1-12H3,(H,31,32);/q;+1/p-1. The van der Waals surface area contributed by atoms with Gasteiger partial charge in [0.2, 0.25) is 0 Å². The fourth-order valence-corrected chi connectivity index (χ4v) is 5.37. The van der Waals surface area contributed by atoms with Gasteiger partial charge in [0.1, 0.15) is 11.5 Å². The summed E-state index contributed by atoms with van der Waals surface area (Å²) < 4.78 is 25.1. The van der Waals surface area contributed by atoms with Gasteiger partial charge in [0.25, 0.3) is 0 Å². The molecule has 0 radical (unpaired) electrons. The first-order chi connectivity index (χ1) is 15.6. The third kappa shape index (κ3) is 7.00.